The summed E-state index contributed by atoms with van der Waals surface area (Å²) >= 11 is 8.92. The predicted molar refractivity (Wildman–Crippen MR) is 80.8 cm³/mol. The van der Waals surface area contributed by atoms with E-state index in [0.717, 1.165) is 6.07 Å². The minimum Gasteiger partial charge on any atom is -0.398 e. The molecule has 2 aromatic carbocycles. The molecular weight excluding hydrogens is 371 g/mol. The van der Waals surface area contributed by atoms with E-state index in [4.69, 9.17) is 17.3 Å². The fraction of sp³-hybridized carbons (Fsp3) is 0. The molecule has 0 aliphatic rings. The zero-order valence-electron chi connectivity index (χ0n) is 9.90. The summed E-state index contributed by atoms with van der Waals surface area (Å²) in [5, 5.41) is 0.114. The van der Waals surface area contributed by atoms with E-state index in [1.807, 2.05) is 0 Å². The SMILES string of the molecule is Nc1ccc(S(=O)(=O)Nc2cc(Br)ccc2F)cc1Cl. The van der Waals surface area contributed by atoms with E-state index in [-0.39, 0.29) is 21.3 Å². The fourth-order valence-electron chi connectivity index (χ4n) is 1.45. The van der Waals surface area contributed by atoms with Crippen molar-refractivity contribution in [3.63, 3.8) is 0 Å². The van der Waals surface area contributed by atoms with E-state index >= 15 is 0 Å². The highest BCUT2D eigenvalue weighted by molar-refractivity contribution is 9.10. The third kappa shape index (κ3) is 3.23. The van der Waals surface area contributed by atoms with Crippen LogP contribution >= 0.6 is 27.5 Å². The number of rotatable bonds is 3. The zero-order valence-corrected chi connectivity index (χ0v) is 13.1. The minimum atomic E-state index is -3.94. The van der Waals surface area contributed by atoms with Gasteiger partial charge < -0.3 is 5.73 Å². The van der Waals surface area contributed by atoms with Crippen LogP contribution in [0.4, 0.5) is 15.8 Å². The molecule has 0 fully saturated rings. The molecule has 20 heavy (non-hydrogen) atoms. The van der Waals surface area contributed by atoms with Crippen LogP contribution in [0.15, 0.2) is 45.8 Å². The van der Waals surface area contributed by atoms with Crippen LogP contribution in [0, 0.1) is 5.82 Å². The highest BCUT2D eigenvalue weighted by Crippen LogP contribution is 2.26. The molecule has 0 spiro atoms. The van der Waals surface area contributed by atoms with Crippen molar-refractivity contribution in [3.8, 4) is 0 Å². The standard InChI is InChI=1S/C12H9BrClFN2O2S/c13-7-1-3-10(15)12(5-7)17-20(18,19)8-2-4-11(16)9(14)6-8/h1-6,17H,16H2. The lowest BCUT2D eigenvalue weighted by atomic mass is 10.3. The Balaban J connectivity index is 2.40. The van der Waals surface area contributed by atoms with Crippen LogP contribution in [0.3, 0.4) is 0 Å². The van der Waals surface area contributed by atoms with Crippen molar-refractivity contribution < 1.29 is 12.8 Å². The highest BCUT2D eigenvalue weighted by Gasteiger charge is 2.17. The molecule has 106 valence electrons. The van der Waals surface area contributed by atoms with Crippen molar-refractivity contribution in [1.82, 2.24) is 0 Å². The third-order valence-electron chi connectivity index (χ3n) is 2.45. The quantitative estimate of drug-likeness (QED) is 0.800. The van der Waals surface area contributed by atoms with Crippen LogP contribution in [0.2, 0.25) is 5.02 Å². The van der Waals surface area contributed by atoms with E-state index in [1.165, 1.54) is 30.3 Å². The predicted octanol–water partition coefficient (Wildman–Crippen LogP) is 3.62. The Kier molecular flexibility index (Phi) is 4.22. The number of nitrogens with two attached hydrogens (primary N) is 1. The van der Waals surface area contributed by atoms with Crippen molar-refractivity contribution in [2.24, 2.45) is 0 Å². The zero-order chi connectivity index (χ0) is 14.9. The number of sulfonamides is 1. The third-order valence-corrected chi connectivity index (χ3v) is 4.64. The monoisotopic (exact) mass is 378 g/mol. The topological polar surface area (TPSA) is 72.2 Å². The molecule has 4 nitrogen and oxygen atoms in total. The Morgan fingerprint density at radius 2 is 1.90 bits per heavy atom. The van der Waals surface area contributed by atoms with Gasteiger partial charge in [-0.25, -0.2) is 12.8 Å². The van der Waals surface area contributed by atoms with E-state index in [1.54, 1.807) is 0 Å². The summed E-state index contributed by atoms with van der Waals surface area (Å²) in [6.07, 6.45) is 0. The van der Waals surface area contributed by atoms with E-state index in [0.29, 0.717) is 4.47 Å². The summed E-state index contributed by atoms with van der Waals surface area (Å²) in [6, 6.07) is 7.81. The first kappa shape index (κ1) is 15.1. The first-order chi connectivity index (χ1) is 9.29. The summed E-state index contributed by atoms with van der Waals surface area (Å²) < 4.78 is 40.5. The van der Waals surface area contributed by atoms with Gasteiger partial charge in [0.1, 0.15) is 5.82 Å². The average Bonchev–Trinajstić information content (AvgIpc) is 2.36. The van der Waals surface area contributed by atoms with Gasteiger partial charge in [0, 0.05) is 4.47 Å². The number of halogens is 3. The van der Waals surface area contributed by atoms with Crippen LogP contribution < -0.4 is 10.5 Å². The summed E-state index contributed by atoms with van der Waals surface area (Å²) in [5.74, 6) is -0.682. The Morgan fingerprint density at radius 1 is 1.20 bits per heavy atom. The second-order valence-corrected chi connectivity index (χ2v) is 6.92. The Bertz CT molecular complexity index is 768. The molecule has 0 atom stereocenters. The van der Waals surface area contributed by atoms with Gasteiger partial charge >= 0.3 is 0 Å². The number of benzene rings is 2. The number of hydrogen-bond donors (Lipinski definition) is 2. The highest BCUT2D eigenvalue weighted by atomic mass is 79.9. The largest absolute Gasteiger partial charge is 0.398 e. The van der Waals surface area contributed by atoms with Gasteiger partial charge in [-0.3, -0.25) is 4.72 Å². The lowest BCUT2D eigenvalue weighted by molar-refractivity contribution is 0.598. The van der Waals surface area contributed by atoms with Crippen LogP contribution in [-0.2, 0) is 10.0 Å². The van der Waals surface area contributed by atoms with Crippen molar-refractivity contribution in [1.29, 1.82) is 0 Å². The van der Waals surface area contributed by atoms with Gasteiger partial charge in [0.15, 0.2) is 0 Å². The maximum Gasteiger partial charge on any atom is 0.262 e. The van der Waals surface area contributed by atoms with Crippen LogP contribution in [0.25, 0.3) is 0 Å². The lowest BCUT2D eigenvalue weighted by Gasteiger charge is -2.10. The van der Waals surface area contributed by atoms with Crippen molar-refractivity contribution in [2.75, 3.05) is 10.5 Å². The van der Waals surface area contributed by atoms with Gasteiger partial charge in [-0.05, 0) is 36.4 Å². The van der Waals surface area contributed by atoms with E-state index < -0.39 is 15.8 Å². The van der Waals surface area contributed by atoms with Crippen molar-refractivity contribution >= 4 is 48.9 Å². The molecule has 2 aromatic rings. The summed E-state index contributed by atoms with van der Waals surface area (Å²) in [4.78, 5) is -0.101. The molecule has 0 saturated heterocycles. The fourth-order valence-corrected chi connectivity index (χ4v) is 3.14. The molecule has 8 heteroatoms. The Hall–Kier alpha value is -1.31. The number of nitrogen functional groups attached to an aromatic ring is 1. The van der Waals surface area contributed by atoms with Crippen LogP contribution in [0.5, 0.6) is 0 Å². The van der Waals surface area contributed by atoms with Gasteiger partial charge in [0.05, 0.1) is 21.3 Å². The molecule has 2 rings (SSSR count). The molecule has 0 amide bonds. The van der Waals surface area contributed by atoms with Crippen molar-refractivity contribution in [2.45, 2.75) is 4.90 Å². The van der Waals surface area contributed by atoms with Gasteiger partial charge in [0.2, 0.25) is 0 Å². The molecule has 0 bridgehead atoms. The van der Waals surface area contributed by atoms with Crippen LogP contribution in [0.1, 0.15) is 0 Å². The summed E-state index contributed by atoms with van der Waals surface area (Å²) in [7, 11) is -3.94. The molecule has 0 aliphatic carbocycles. The Labute approximate surface area is 128 Å². The number of anilines is 2. The maximum absolute atomic E-state index is 13.6. The molecule has 0 radical (unpaired) electrons. The first-order valence-electron chi connectivity index (χ1n) is 5.32. The van der Waals surface area contributed by atoms with Gasteiger partial charge in [0.25, 0.3) is 10.0 Å². The molecule has 3 N–H and O–H groups in total. The van der Waals surface area contributed by atoms with Gasteiger partial charge in [-0.2, -0.15) is 0 Å². The average molecular weight is 380 g/mol. The van der Waals surface area contributed by atoms with E-state index in [2.05, 4.69) is 20.7 Å². The minimum absolute atomic E-state index is 0.101. The molecule has 0 heterocycles. The van der Waals surface area contributed by atoms with Gasteiger partial charge in [-0.1, -0.05) is 27.5 Å². The maximum atomic E-state index is 13.6. The van der Waals surface area contributed by atoms with E-state index in [9.17, 15) is 12.8 Å². The molecule has 0 unspecified atom stereocenters. The van der Waals surface area contributed by atoms with Gasteiger partial charge in [-0.15, -0.1) is 0 Å². The Morgan fingerprint density at radius 3 is 2.55 bits per heavy atom. The summed E-state index contributed by atoms with van der Waals surface area (Å²) in [6.45, 7) is 0. The smallest absolute Gasteiger partial charge is 0.262 e. The lowest BCUT2D eigenvalue weighted by Crippen LogP contribution is -2.14. The molecule has 0 aromatic heterocycles. The number of nitrogens with one attached hydrogen (secondary N) is 1. The molecular formula is C12H9BrClFN2O2S. The molecule has 0 saturated carbocycles. The second-order valence-electron chi connectivity index (χ2n) is 3.91. The second kappa shape index (κ2) is 5.59. The van der Waals surface area contributed by atoms with Crippen molar-refractivity contribution in [3.05, 3.63) is 51.7 Å². The van der Waals surface area contributed by atoms with Crippen LogP contribution in [-0.4, -0.2) is 8.42 Å². The number of hydrogen-bond acceptors (Lipinski definition) is 3. The summed E-state index contributed by atoms with van der Waals surface area (Å²) in [5.41, 5.74) is 5.62. The first-order valence-corrected chi connectivity index (χ1v) is 7.98. The molecule has 0 aliphatic heterocycles. The normalized spacial score (nSPS) is 11.3.